The molecule has 3 aliphatic heterocycles. The largest absolute Gasteiger partial charge is 0.459 e. The summed E-state index contributed by atoms with van der Waals surface area (Å²) in [4.78, 5) is 27.5. The lowest BCUT2D eigenvalue weighted by Gasteiger charge is -2.51. The number of nitrogens with zero attached hydrogens (tertiary/aromatic N) is 1. The third kappa shape index (κ3) is 13.2. The first-order valence-electron chi connectivity index (χ1n) is 21.4. The Hall–Kier alpha value is -2.60. The van der Waals surface area contributed by atoms with Crippen LogP contribution in [0, 0.1) is 29.6 Å². The van der Waals surface area contributed by atoms with Crippen molar-refractivity contribution in [3.63, 3.8) is 0 Å². The van der Waals surface area contributed by atoms with E-state index in [0.29, 0.717) is 24.3 Å². The summed E-state index contributed by atoms with van der Waals surface area (Å²) >= 11 is 0. The predicted molar refractivity (Wildman–Crippen MR) is 226 cm³/mol. The Kier molecular flexibility index (Phi) is 19.4. The molecule has 10 heteroatoms. The monoisotopic (exact) mass is 800 g/mol. The Morgan fingerprint density at radius 3 is 2.14 bits per heavy atom. The number of rotatable bonds is 10. The van der Waals surface area contributed by atoms with Crippen LogP contribution in [-0.2, 0) is 42.7 Å². The quantitative estimate of drug-likeness (QED) is 0.157. The molecular formula is C47H77NO9. The Balaban J connectivity index is 2.01. The first kappa shape index (κ1) is 48.8. The van der Waals surface area contributed by atoms with Crippen LogP contribution in [0.25, 0.3) is 0 Å². The van der Waals surface area contributed by atoms with Crippen LogP contribution in [0.3, 0.4) is 0 Å². The molecule has 1 unspecified atom stereocenters. The van der Waals surface area contributed by atoms with Crippen LogP contribution in [0.5, 0.6) is 0 Å². The average Bonchev–Trinajstić information content (AvgIpc) is 3.14. The maximum absolute atomic E-state index is 13.2. The summed E-state index contributed by atoms with van der Waals surface area (Å²) in [5.41, 5.74) is 4.16. The molecule has 3 rings (SSSR count). The number of hydrogen-bond acceptors (Lipinski definition) is 10. The van der Waals surface area contributed by atoms with Gasteiger partial charge in [-0.15, -0.1) is 0 Å². The van der Waals surface area contributed by atoms with Gasteiger partial charge in [0.1, 0.15) is 24.4 Å². The molecule has 10 nitrogen and oxygen atoms in total. The molecule has 0 saturated carbocycles. The van der Waals surface area contributed by atoms with Gasteiger partial charge in [-0.05, 0) is 85.4 Å². The van der Waals surface area contributed by atoms with Crippen LogP contribution in [0.4, 0.5) is 0 Å². The van der Waals surface area contributed by atoms with Crippen molar-refractivity contribution in [2.75, 3.05) is 21.2 Å². The molecule has 0 amide bonds. The van der Waals surface area contributed by atoms with E-state index in [-0.39, 0.29) is 66.1 Å². The van der Waals surface area contributed by atoms with E-state index < -0.39 is 30.9 Å². The highest BCUT2D eigenvalue weighted by Gasteiger charge is 2.51. The minimum Gasteiger partial charge on any atom is -0.459 e. The van der Waals surface area contributed by atoms with Crippen LogP contribution in [0.1, 0.15) is 116 Å². The molecule has 0 aromatic carbocycles. The van der Waals surface area contributed by atoms with Crippen molar-refractivity contribution < 1.29 is 42.7 Å². The van der Waals surface area contributed by atoms with Gasteiger partial charge < -0.3 is 38.1 Å². The Bertz CT molecular complexity index is 1460. The molecule has 324 valence electrons. The van der Waals surface area contributed by atoms with Gasteiger partial charge in [-0.1, -0.05) is 96.1 Å². The third-order valence-corrected chi connectivity index (χ3v) is 12.3. The minimum atomic E-state index is -0.770. The molecule has 3 aliphatic rings. The van der Waals surface area contributed by atoms with Gasteiger partial charge in [-0.3, -0.25) is 4.79 Å². The molecule has 2 fully saturated rings. The Morgan fingerprint density at radius 1 is 0.895 bits per heavy atom. The molecule has 0 bridgehead atoms. The number of ether oxygens (including phenoxy) is 7. The van der Waals surface area contributed by atoms with E-state index >= 15 is 0 Å². The fourth-order valence-electron chi connectivity index (χ4n) is 8.34. The van der Waals surface area contributed by atoms with Gasteiger partial charge in [0.05, 0.1) is 18.3 Å². The van der Waals surface area contributed by atoms with E-state index in [0.717, 1.165) is 24.0 Å². The van der Waals surface area contributed by atoms with Crippen molar-refractivity contribution in [3.05, 3.63) is 58.7 Å². The number of esters is 2. The van der Waals surface area contributed by atoms with E-state index in [1.54, 1.807) is 7.11 Å². The van der Waals surface area contributed by atoms with Gasteiger partial charge in [0.25, 0.3) is 0 Å². The summed E-state index contributed by atoms with van der Waals surface area (Å²) in [6.45, 7) is 26.7. The van der Waals surface area contributed by atoms with Crippen molar-refractivity contribution in [1.82, 2.24) is 4.90 Å². The topological polar surface area (TPSA) is 102 Å². The normalized spacial score (nSPS) is 40.9. The molecule has 0 spiro atoms. The molecular weight excluding hydrogens is 723 g/mol. The van der Waals surface area contributed by atoms with Crippen LogP contribution in [-0.4, -0.2) is 99.4 Å². The van der Waals surface area contributed by atoms with Gasteiger partial charge in [-0.25, -0.2) is 4.79 Å². The highest BCUT2D eigenvalue weighted by Crippen LogP contribution is 2.38. The predicted octanol–water partition coefficient (Wildman–Crippen LogP) is 9.15. The lowest BCUT2D eigenvalue weighted by atomic mass is 9.86. The zero-order valence-corrected chi connectivity index (χ0v) is 38.1. The van der Waals surface area contributed by atoms with E-state index in [9.17, 15) is 9.59 Å². The molecule has 0 N–H and O–H groups in total. The van der Waals surface area contributed by atoms with Gasteiger partial charge in [0.15, 0.2) is 12.6 Å². The second kappa shape index (κ2) is 22.7. The van der Waals surface area contributed by atoms with Gasteiger partial charge in [0.2, 0.25) is 0 Å². The van der Waals surface area contributed by atoms with Gasteiger partial charge in [0, 0.05) is 49.8 Å². The van der Waals surface area contributed by atoms with Crippen LogP contribution in [0.2, 0.25) is 0 Å². The van der Waals surface area contributed by atoms with Crippen molar-refractivity contribution in [2.45, 2.75) is 177 Å². The zero-order chi connectivity index (χ0) is 42.7. The van der Waals surface area contributed by atoms with Crippen LogP contribution < -0.4 is 0 Å². The Labute approximate surface area is 345 Å². The number of hydrogen-bond donors (Lipinski definition) is 0. The summed E-state index contributed by atoms with van der Waals surface area (Å²) in [6.07, 6.45) is 11.8. The Morgan fingerprint density at radius 2 is 1.56 bits per heavy atom. The number of allylic oxidation sites excluding steroid dienone is 6. The van der Waals surface area contributed by atoms with Crippen molar-refractivity contribution in [1.29, 1.82) is 0 Å². The summed E-state index contributed by atoms with van der Waals surface area (Å²) in [5, 5.41) is 0. The second-order valence-electron chi connectivity index (χ2n) is 17.4. The molecule has 0 aromatic heterocycles. The summed E-state index contributed by atoms with van der Waals surface area (Å²) in [7, 11) is 5.71. The van der Waals surface area contributed by atoms with Gasteiger partial charge >= 0.3 is 11.9 Å². The fourth-order valence-corrected chi connectivity index (χ4v) is 8.34. The lowest BCUT2D eigenvalue weighted by molar-refractivity contribution is -0.339. The maximum Gasteiger partial charge on any atom is 0.334 e. The van der Waals surface area contributed by atoms with Crippen molar-refractivity contribution >= 4 is 11.9 Å². The first-order valence-corrected chi connectivity index (χ1v) is 21.4. The molecule has 14 atom stereocenters. The number of likely N-dealkylation sites (N-methyl/N-ethyl adjacent to an activating group) is 1. The maximum atomic E-state index is 13.2. The fraction of sp³-hybridized carbons (Fsp3) is 0.745. The minimum absolute atomic E-state index is 0.0819. The zero-order valence-electron chi connectivity index (χ0n) is 38.1. The third-order valence-electron chi connectivity index (χ3n) is 12.3. The molecule has 0 aromatic rings. The smallest absolute Gasteiger partial charge is 0.334 e. The number of methoxy groups -OCH3 is 1. The SMILES string of the molecule is CC/C1=C\C=C\C[C@H](C)/C(C)=C/[C@H](CC)[C@@H](O[C@@H]2OC(C)[C@@H](O[C@@H]3O[C@H](C)[C@@H](C)[C@H](OC(C)=O)[C@H]3OC)[C@H](N(C)C)[C@H]2C)/C(C)=C/C(C)=C/C[C@@H](C(C)C)OC1=O. The standard InChI is InChI=1S/C47H77NO9/c1-17-37-22-20-19-21-29(6)30(7)26-38(18-2)41(31(8)25-28(5)23-24-39(27(3)4)55-45(37)50)56-46-33(10)40(48(14)15)43(35(12)53-46)57-47-44(51-16)42(54-36(13)49)32(9)34(11)52-47/h19-20,22-23,25-27,29,32-35,38-44,46-47H,17-18,21,24H2,1-16H3/b20-19+,28-23+,30-26+,31-25+,37-22+/t29-,32+,33+,34+,35?,38-,39-,40+,41-,42-,43+,44+,46-,47-/m0/s1. The highest BCUT2D eigenvalue weighted by atomic mass is 16.7. The molecule has 57 heavy (non-hydrogen) atoms. The number of cyclic esters (lactones) is 1. The highest BCUT2D eigenvalue weighted by molar-refractivity contribution is 5.88. The van der Waals surface area contributed by atoms with E-state index in [4.69, 9.17) is 33.2 Å². The van der Waals surface area contributed by atoms with Crippen molar-refractivity contribution in [2.24, 2.45) is 29.6 Å². The molecule has 2 saturated heterocycles. The summed E-state index contributed by atoms with van der Waals surface area (Å²) in [6, 6.07) is -0.103. The lowest BCUT2D eigenvalue weighted by Crippen LogP contribution is -2.63. The van der Waals surface area contributed by atoms with Gasteiger partial charge in [-0.2, -0.15) is 0 Å². The summed E-state index contributed by atoms with van der Waals surface area (Å²) in [5.74, 6) is -0.249. The van der Waals surface area contributed by atoms with E-state index in [1.807, 2.05) is 39.8 Å². The molecule has 0 aliphatic carbocycles. The molecule has 3 heterocycles. The number of carbonyl (C=O) groups is 2. The first-order chi connectivity index (χ1) is 26.8. The second-order valence-corrected chi connectivity index (χ2v) is 17.4. The van der Waals surface area contributed by atoms with E-state index in [2.05, 4.69) is 98.7 Å². The van der Waals surface area contributed by atoms with E-state index in [1.165, 1.54) is 12.5 Å². The number of carbonyl (C=O) groups excluding carboxylic acids is 2. The molecule has 0 radical (unpaired) electrons. The average molecular weight is 800 g/mol. The summed E-state index contributed by atoms with van der Waals surface area (Å²) < 4.78 is 45.0. The van der Waals surface area contributed by atoms with Crippen LogP contribution >= 0.6 is 0 Å². The van der Waals surface area contributed by atoms with Crippen LogP contribution in [0.15, 0.2) is 58.7 Å². The van der Waals surface area contributed by atoms with Crippen molar-refractivity contribution in [3.8, 4) is 0 Å².